The summed E-state index contributed by atoms with van der Waals surface area (Å²) < 4.78 is 24.2. The Morgan fingerprint density at radius 1 is 1.22 bits per heavy atom. The number of unbranched alkanes of at least 4 members (excludes halogenated alkanes) is 1. The number of hydrogen-bond donors (Lipinski definition) is 0. The van der Waals surface area contributed by atoms with Crippen LogP contribution in [-0.4, -0.2) is 24.7 Å². The summed E-state index contributed by atoms with van der Waals surface area (Å²) in [6, 6.07) is 0. The number of carbonyl (C=O) groups is 1. The number of Topliss-reactive ketones (excluding diaryl/α,β-unsaturated/α-hetero) is 1. The molecule has 2 atom stereocenters. The van der Waals surface area contributed by atoms with E-state index in [0.29, 0.717) is 19.3 Å². The van der Waals surface area contributed by atoms with E-state index in [2.05, 4.69) is 6.58 Å². The maximum atomic E-state index is 12.1. The molecule has 0 saturated carbocycles. The van der Waals surface area contributed by atoms with Gasteiger partial charge in [0, 0.05) is 12.3 Å². The molecule has 2 fully saturated rings. The molecule has 0 aromatic carbocycles. The van der Waals surface area contributed by atoms with Crippen molar-refractivity contribution in [2.24, 2.45) is 5.92 Å². The second-order valence-corrected chi connectivity index (χ2v) is 8.09. The SMILES string of the molecule is C=CCCCC(=O)C1CC2CCCC(C1)S2(=O)=O. The van der Waals surface area contributed by atoms with Crippen LogP contribution in [0.25, 0.3) is 0 Å². The Hall–Kier alpha value is -0.640. The third-order valence-corrected chi connectivity index (χ3v) is 7.08. The fourth-order valence-corrected chi connectivity index (χ4v) is 5.83. The molecule has 0 amide bonds. The van der Waals surface area contributed by atoms with E-state index in [1.54, 1.807) is 0 Å². The van der Waals surface area contributed by atoms with E-state index in [1.807, 2.05) is 6.08 Å². The van der Waals surface area contributed by atoms with Gasteiger partial charge in [0.25, 0.3) is 0 Å². The topological polar surface area (TPSA) is 51.2 Å². The maximum absolute atomic E-state index is 12.1. The molecule has 2 saturated heterocycles. The van der Waals surface area contributed by atoms with Crippen molar-refractivity contribution >= 4 is 15.6 Å². The van der Waals surface area contributed by atoms with Gasteiger partial charge in [0.2, 0.25) is 0 Å². The molecule has 2 unspecified atom stereocenters. The molecule has 2 aliphatic rings. The van der Waals surface area contributed by atoms with E-state index in [0.717, 1.165) is 32.1 Å². The average Bonchev–Trinajstić information content (AvgIpc) is 2.27. The third kappa shape index (κ3) is 2.68. The number of rotatable bonds is 5. The van der Waals surface area contributed by atoms with Crippen LogP contribution in [0.5, 0.6) is 0 Å². The molecule has 2 rings (SSSR count). The molecule has 0 aromatic heterocycles. The van der Waals surface area contributed by atoms with Crippen LogP contribution in [0, 0.1) is 5.92 Å². The van der Waals surface area contributed by atoms with Crippen molar-refractivity contribution in [3.05, 3.63) is 12.7 Å². The molecular formula is C14H22O3S. The highest BCUT2D eigenvalue weighted by Gasteiger charge is 2.45. The normalized spacial score (nSPS) is 33.9. The molecule has 0 aromatic rings. The fourth-order valence-electron chi connectivity index (χ4n) is 3.30. The summed E-state index contributed by atoms with van der Waals surface area (Å²) in [5.41, 5.74) is 0. The Labute approximate surface area is 110 Å². The van der Waals surface area contributed by atoms with Gasteiger partial charge in [-0.3, -0.25) is 4.79 Å². The van der Waals surface area contributed by atoms with E-state index in [4.69, 9.17) is 0 Å². The number of carbonyl (C=O) groups excluding carboxylic acids is 1. The van der Waals surface area contributed by atoms with E-state index in [-0.39, 0.29) is 22.2 Å². The smallest absolute Gasteiger partial charge is 0.156 e. The first-order valence-corrected chi connectivity index (χ1v) is 8.53. The standard InChI is InChI=1S/C14H22O3S/c1-2-3-4-8-14(15)11-9-12-6-5-7-13(10-11)18(12,16)17/h2,11-13H,1,3-10H2. The lowest BCUT2D eigenvalue weighted by Gasteiger charge is -2.38. The van der Waals surface area contributed by atoms with Gasteiger partial charge in [0.15, 0.2) is 9.84 Å². The first-order chi connectivity index (χ1) is 8.55. The van der Waals surface area contributed by atoms with E-state index < -0.39 is 9.84 Å². The number of hydrogen-bond acceptors (Lipinski definition) is 3. The summed E-state index contributed by atoms with van der Waals surface area (Å²) in [4.78, 5) is 12.1. The van der Waals surface area contributed by atoms with Gasteiger partial charge in [-0.25, -0.2) is 8.42 Å². The van der Waals surface area contributed by atoms with Gasteiger partial charge >= 0.3 is 0 Å². The zero-order chi connectivity index (χ0) is 13.2. The molecule has 3 nitrogen and oxygen atoms in total. The molecule has 0 N–H and O–H groups in total. The van der Waals surface area contributed by atoms with Crippen LogP contribution in [0.1, 0.15) is 51.4 Å². The number of sulfone groups is 1. The van der Waals surface area contributed by atoms with Gasteiger partial charge in [0.05, 0.1) is 10.5 Å². The largest absolute Gasteiger partial charge is 0.299 e. The summed E-state index contributed by atoms with van der Waals surface area (Å²) in [5, 5.41) is -0.475. The Balaban J connectivity index is 1.97. The highest BCUT2D eigenvalue weighted by Crippen LogP contribution is 2.40. The van der Waals surface area contributed by atoms with Crippen molar-refractivity contribution in [1.29, 1.82) is 0 Å². The Morgan fingerprint density at radius 3 is 2.39 bits per heavy atom. The summed E-state index contributed by atoms with van der Waals surface area (Å²) in [7, 11) is -2.93. The predicted octanol–water partition coefficient (Wildman–Crippen LogP) is 2.66. The van der Waals surface area contributed by atoms with Crippen molar-refractivity contribution in [3.63, 3.8) is 0 Å². The molecule has 2 aliphatic heterocycles. The summed E-state index contributed by atoms with van der Waals surface area (Å²) in [5.74, 6) is 0.261. The van der Waals surface area contributed by atoms with Crippen molar-refractivity contribution in [3.8, 4) is 0 Å². The minimum Gasteiger partial charge on any atom is -0.299 e. The highest BCUT2D eigenvalue weighted by atomic mass is 32.2. The van der Waals surface area contributed by atoms with Crippen LogP contribution in [0.15, 0.2) is 12.7 Å². The van der Waals surface area contributed by atoms with Crippen molar-refractivity contribution in [2.45, 2.75) is 61.9 Å². The molecular weight excluding hydrogens is 248 g/mol. The van der Waals surface area contributed by atoms with Crippen LogP contribution in [0.2, 0.25) is 0 Å². The van der Waals surface area contributed by atoms with E-state index >= 15 is 0 Å². The van der Waals surface area contributed by atoms with Crippen LogP contribution >= 0.6 is 0 Å². The van der Waals surface area contributed by atoms with Gasteiger partial charge in [0.1, 0.15) is 5.78 Å². The molecule has 0 radical (unpaired) electrons. The average molecular weight is 270 g/mol. The lowest BCUT2D eigenvalue weighted by Crippen LogP contribution is -2.45. The minimum atomic E-state index is -2.93. The maximum Gasteiger partial charge on any atom is 0.156 e. The second kappa shape index (κ2) is 5.55. The third-order valence-electron chi connectivity index (χ3n) is 4.36. The monoisotopic (exact) mass is 270 g/mol. The van der Waals surface area contributed by atoms with Gasteiger partial charge in [-0.1, -0.05) is 12.5 Å². The van der Waals surface area contributed by atoms with E-state index in [1.165, 1.54) is 0 Å². The van der Waals surface area contributed by atoms with Crippen LogP contribution in [0.4, 0.5) is 0 Å². The lowest BCUT2D eigenvalue weighted by molar-refractivity contribution is -0.123. The molecule has 0 aliphatic carbocycles. The minimum absolute atomic E-state index is 0.00589. The number of allylic oxidation sites excluding steroid dienone is 1. The zero-order valence-electron chi connectivity index (χ0n) is 10.8. The van der Waals surface area contributed by atoms with Gasteiger partial charge < -0.3 is 0 Å². The quantitative estimate of drug-likeness (QED) is 0.570. The summed E-state index contributed by atoms with van der Waals surface area (Å²) in [6.45, 7) is 3.64. The highest BCUT2D eigenvalue weighted by molar-refractivity contribution is 7.92. The Morgan fingerprint density at radius 2 is 1.83 bits per heavy atom. The Kier molecular flexibility index (Phi) is 4.25. The van der Waals surface area contributed by atoms with Crippen LogP contribution < -0.4 is 0 Å². The first-order valence-electron chi connectivity index (χ1n) is 6.92. The molecule has 0 spiro atoms. The molecule has 4 heteroatoms. The summed E-state index contributed by atoms with van der Waals surface area (Å²) in [6.07, 6.45) is 7.79. The van der Waals surface area contributed by atoms with Gasteiger partial charge in [-0.15, -0.1) is 6.58 Å². The van der Waals surface area contributed by atoms with Crippen molar-refractivity contribution in [2.75, 3.05) is 0 Å². The van der Waals surface area contributed by atoms with E-state index in [9.17, 15) is 13.2 Å². The van der Waals surface area contributed by atoms with Gasteiger partial charge in [-0.05, 0) is 38.5 Å². The van der Waals surface area contributed by atoms with Crippen LogP contribution in [0.3, 0.4) is 0 Å². The molecule has 2 bridgehead atoms. The van der Waals surface area contributed by atoms with Crippen molar-refractivity contribution < 1.29 is 13.2 Å². The predicted molar refractivity (Wildman–Crippen MR) is 72.1 cm³/mol. The molecule has 2 heterocycles. The second-order valence-electron chi connectivity index (χ2n) is 5.58. The van der Waals surface area contributed by atoms with Gasteiger partial charge in [-0.2, -0.15) is 0 Å². The fraction of sp³-hybridized carbons (Fsp3) is 0.786. The van der Waals surface area contributed by atoms with Crippen molar-refractivity contribution in [1.82, 2.24) is 0 Å². The summed E-state index contributed by atoms with van der Waals surface area (Å²) >= 11 is 0. The number of ketones is 1. The molecule has 102 valence electrons. The lowest BCUT2D eigenvalue weighted by atomic mass is 9.85. The van der Waals surface area contributed by atoms with Crippen LogP contribution in [-0.2, 0) is 14.6 Å². The molecule has 18 heavy (non-hydrogen) atoms. The zero-order valence-corrected chi connectivity index (χ0v) is 11.6. The number of fused-ring (bicyclic) bond motifs is 2. The Bertz CT molecular complexity index is 404. The first kappa shape index (κ1) is 13.8.